The fourth-order valence-electron chi connectivity index (χ4n) is 2.05. The molecule has 2 bridgehead atoms. The van der Waals surface area contributed by atoms with Crippen LogP contribution in [0.2, 0.25) is 0 Å². The molecule has 2 heterocycles. The Morgan fingerprint density at radius 2 is 1.29 bits per heavy atom. The van der Waals surface area contributed by atoms with E-state index in [4.69, 9.17) is 0 Å². The third kappa shape index (κ3) is 2.43. The van der Waals surface area contributed by atoms with Gasteiger partial charge in [-0.1, -0.05) is 0 Å². The second kappa shape index (κ2) is 5.04. The van der Waals surface area contributed by atoms with E-state index >= 15 is 0 Å². The second-order valence-corrected chi connectivity index (χ2v) is 3.92. The summed E-state index contributed by atoms with van der Waals surface area (Å²) < 4.78 is 0. The van der Waals surface area contributed by atoms with Crippen molar-refractivity contribution in [2.24, 2.45) is 0 Å². The van der Waals surface area contributed by atoms with Crippen molar-refractivity contribution in [2.45, 2.75) is 6.35 Å². The zero-order valence-corrected chi connectivity index (χ0v) is 8.58. The Morgan fingerprint density at radius 1 is 0.786 bits per heavy atom. The van der Waals surface area contributed by atoms with Crippen molar-refractivity contribution in [1.29, 1.82) is 0 Å². The number of hydrogen-bond acceptors (Lipinski definition) is 5. The van der Waals surface area contributed by atoms with Crippen molar-refractivity contribution in [1.82, 2.24) is 20.4 Å². The smallest absolute Gasteiger partial charge is 0.165 e. The van der Waals surface area contributed by atoms with E-state index in [2.05, 4.69) is 20.4 Å². The van der Waals surface area contributed by atoms with Gasteiger partial charge in [0.1, 0.15) is 0 Å². The van der Waals surface area contributed by atoms with E-state index in [0.717, 1.165) is 52.4 Å². The van der Waals surface area contributed by atoms with Crippen molar-refractivity contribution in [3.05, 3.63) is 0 Å². The number of aliphatic hydroxyl groups is 1. The minimum absolute atomic E-state index is 0.364. The van der Waals surface area contributed by atoms with Gasteiger partial charge in [0.15, 0.2) is 6.35 Å². The third-order valence-corrected chi connectivity index (χ3v) is 2.96. The van der Waals surface area contributed by atoms with Crippen LogP contribution in [0.1, 0.15) is 0 Å². The van der Waals surface area contributed by atoms with Crippen molar-refractivity contribution < 1.29 is 5.11 Å². The molecule has 5 nitrogen and oxygen atoms in total. The molecular weight excluding hydrogens is 180 g/mol. The molecule has 0 aromatic carbocycles. The number of rotatable bonds is 0. The van der Waals surface area contributed by atoms with Crippen LogP contribution in [0.3, 0.4) is 0 Å². The van der Waals surface area contributed by atoms with E-state index in [1.165, 1.54) is 0 Å². The summed E-state index contributed by atoms with van der Waals surface area (Å²) in [6, 6.07) is 0. The van der Waals surface area contributed by atoms with Crippen molar-refractivity contribution in [2.75, 3.05) is 52.4 Å². The van der Waals surface area contributed by atoms with Gasteiger partial charge in [-0.15, -0.1) is 0 Å². The molecule has 0 aromatic rings. The van der Waals surface area contributed by atoms with Gasteiger partial charge in [0.25, 0.3) is 0 Å². The van der Waals surface area contributed by atoms with E-state index in [9.17, 15) is 5.11 Å². The maximum atomic E-state index is 9.92. The topological polar surface area (TPSA) is 50.8 Å². The fraction of sp³-hybridized carbons (Fsp3) is 1.00. The second-order valence-electron chi connectivity index (χ2n) is 3.92. The largest absolute Gasteiger partial charge is 0.365 e. The Balaban J connectivity index is 1.88. The highest BCUT2D eigenvalue weighted by Crippen LogP contribution is 2.10. The molecule has 2 rings (SSSR count). The molecule has 14 heavy (non-hydrogen) atoms. The predicted molar refractivity (Wildman–Crippen MR) is 54.9 cm³/mol. The van der Waals surface area contributed by atoms with Gasteiger partial charge in [-0.05, 0) is 0 Å². The normalized spacial score (nSPS) is 40.5. The number of fused-ring (bicyclic) bond motifs is 2. The van der Waals surface area contributed by atoms with Crippen LogP contribution in [0, 0.1) is 0 Å². The summed E-state index contributed by atoms with van der Waals surface area (Å²) in [5.74, 6) is 0. The van der Waals surface area contributed by atoms with Crippen LogP contribution in [0.4, 0.5) is 0 Å². The molecule has 2 saturated heterocycles. The molecule has 0 amide bonds. The van der Waals surface area contributed by atoms with Crippen LogP contribution in [0.15, 0.2) is 0 Å². The molecule has 0 spiro atoms. The Morgan fingerprint density at radius 3 is 1.79 bits per heavy atom. The summed E-state index contributed by atoms with van der Waals surface area (Å²) in [6.07, 6.45) is -0.364. The minimum Gasteiger partial charge on any atom is -0.365 e. The standard InChI is InChI=1S/C9H20N4O/c14-9-12-5-3-10-1-2-11-4-6-13(9)8-7-12/h9-11,14H,1-8H2. The molecule has 2 fully saturated rings. The summed E-state index contributed by atoms with van der Waals surface area (Å²) in [4.78, 5) is 4.25. The van der Waals surface area contributed by atoms with Crippen molar-refractivity contribution in [3.8, 4) is 0 Å². The zero-order chi connectivity index (χ0) is 9.80. The zero-order valence-electron chi connectivity index (χ0n) is 8.58. The van der Waals surface area contributed by atoms with Crippen LogP contribution >= 0.6 is 0 Å². The molecule has 0 saturated carbocycles. The fourth-order valence-corrected chi connectivity index (χ4v) is 2.05. The lowest BCUT2D eigenvalue weighted by molar-refractivity contribution is -0.0551. The number of aliphatic hydroxyl groups excluding tert-OH is 1. The van der Waals surface area contributed by atoms with Gasteiger partial charge in [-0.3, -0.25) is 9.80 Å². The van der Waals surface area contributed by atoms with Gasteiger partial charge in [-0.25, -0.2) is 0 Å². The van der Waals surface area contributed by atoms with E-state index < -0.39 is 0 Å². The average Bonchev–Trinajstić information content (AvgIpc) is 2.48. The summed E-state index contributed by atoms with van der Waals surface area (Å²) in [7, 11) is 0. The Bertz CT molecular complexity index is 160. The SMILES string of the molecule is OC1N2CCNCCNCCN1CC2. The Kier molecular flexibility index (Phi) is 3.72. The molecule has 2 aliphatic heterocycles. The Hall–Kier alpha value is -0.200. The molecule has 0 radical (unpaired) electrons. The molecule has 2 unspecified atom stereocenters. The van der Waals surface area contributed by atoms with Gasteiger partial charge in [-0.2, -0.15) is 0 Å². The molecule has 2 atom stereocenters. The van der Waals surface area contributed by atoms with Crippen LogP contribution in [0.25, 0.3) is 0 Å². The summed E-state index contributed by atoms with van der Waals surface area (Å²) in [5.41, 5.74) is 0. The van der Waals surface area contributed by atoms with E-state index in [-0.39, 0.29) is 6.35 Å². The number of nitrogens with zero attached hydrogens (tertiary/aromatic N) is 2. The summed E-state index contributed by atoms with van der Waals surface area (Å²) in [5, 5.41) is 16.6. The maximum Gasteiger partial charge on any atom is 0.165 e. The highest BCUT2D eigenvalue weighted by molar-refractivity contribution is 4.76. The van der Waals surface area contributed by atoms with Gasteiger partial charge in [0.2, 0.25) is 0 Å². The van der Waals surface area contributed by atoms with E-state index in [0.29, 0.717) is 0 Å². The quantitative estimate of drug-likeness (QED) is 0.425. The first-order chi connectivity index (χ1) is 6.88. The predicted octanol–water partition coefficient (Wildman–Crippen LogP) is -1.93. The van der Waals surface area contributed by atoms with Crippen molar-refractivity contribution in [3.63, 3.8) is 0 Å². The highest BCUT2D eigenvalue weighted by atomic mass is 16.3. The molecule has 5 heteroatoms. The van der Waals surface area contributed by atoms with Gasteiger partial charge in [0.05, 0.1) is 0 Å². The maximum absolute atomic E-state index is 9.92. The molecular formula is C9H20N4O. The summed E-state index contributed by atoms with van der Waals surface area (Å²) >= 11 is 0. The van der Waals surface area contributed by atoms with E-state index in [1.54, 1.807) is 0 Å². The molecule has 82 valence electrons. The third-order valence-electron chi connectivity index (χ3n) is 2.96. The first kappa shape index (κ1) is 10.3. The van der Waals surface area contributed by atoms with E-state index in [1.807, 2.05) is 0 Å². The molecule has 3 N–H and O–H groups in total. The lowest BCUT2D eigenvalue weighted by Crippen LogP contribution is -2.42. The summed E-state index contributed by atoms with van der Waals surface area (Å²) in [6.45, 7) is 7.83. The minimum atomic E-state index is -0.364. The van der Waals surface area contributed by atoms with Crippen LogP contribution in [-0.4, -0.2) is 73.6 Å². The van der Waals surface area contributed by atoms with Crippen LogP contribution in [-0.2, 0) is 0 Å². The highest BCUT2D eigenvalue weighted by Gasteiger charge is 2.28. The van der Waals surface area contributed by atoms with Gasteiger partial charge in [0, 0.05) is 52.4 Å². The lowest BCUT2D eigenvalue weighted by atomic mass is 10.4. The number of nitrogens with one attached hydrogen (secondary N) is 2. The van der Waals surface area contributed by atoms with Gasteiger partial charge >= 0.3 is 0 Å². The molecule has 2 aliphatic rings. The molecule has 0 aromatic heterocycles. The van der Waals surface area contributed by atoms with Crippen LogP contribution < -0.4 is 10.6 Å². The first-order valence-corrected chi connectivity index (χ1v) is 5.45. The average molecular weight is 200 g/mol. The van der Waals surface area contributed by atoms with Crippen LogP contribution in [0.5, 0.6) is 0 Å². The number of hydrogen-bond donors (Lipinski definition) is 3. The molecule has 0 aliphatic carbocycles. The Labute approximate surface area is 85.1 Å². The monoisotopic (exact) mass is 200 g/mol. The van der Waals surface area contributed by atoms with Crippen molar-refractivity contribution >= 4 is 0 Å². The van der Waals surface area contributed by atoms with Gasteiger partial charge < -0.3 is 15.7 Å². The first-order valence-electron chi connectivity index (χ1n) is 5.45. The lowest BCUT2D eigenvalue weighted by Gasteiger charge is -2.24.